The summed E-state index contributed by atoms with van der Waals surface area (Å²) in [5, 5.41) is 11.1. The van der Waals surface area contributed by atoms with E-state index < -0.39 is 5.91 Å². The van der Waals surface area contributed by atoms with Crippen LogP contribution in [0.3, 0.4) is 0 Å². The highest BCUT2D eigenvalue weighted by atomic mass is 35.5. The molecule has 0 aliphatic carbocycles. The molecule has 3 aromatic rings. The standard InChI is InChI=1S/C20H20ClN5O3/c1-12-18(23-24-26(12)14-6-5-7-15(11-14)29-4)19(27)22-13-8-9-17(21)16(10-13)20(28)25(2)3/h5-11H,1-4H3,(H,22,27). The normalized spacial score (nSPS) is 10.5. The molecular formula is C20H20ClN5O3. The van der Waals surface area contributed by atoms with E-state index in [1.807, 2.05) is 18.2 Å². The second kappa shape index (κ2) is 8.32. The van der Waals surface area contributed by atoms with Gasteiger partial charge >= 0.3 is 0 Å². The van der Waals surface area contributed by atoms with Crippen LogP contribution >= 0.6 is 11.6 Å². The second-order valence-corrected chi connectivity index (χ2v) is 6.89. The van der Waals surface area contributed by atoms with Gasteiger partial charge in [0, 0.05) is 25.8 Å². The lowest BCUT2D eigenvalue weighted by Gasteiger charge is -2.13. The molecular weight excluding hydrogens is 394 g/mol. The van der Waals surface area contributed by atoms with Crippen molar-refractivity contribution in [3.05, 3.63) is 64.4 Å². The van der Waals surface area contributed by atoms with Gasteiger partial charge in [-0.3, -0.25) is 9.59 Å². The van der Waals surface area contributed by atoms with E-state index in [9.17, 15) is 9.59 Å². The zero-order chi connectivity index (χ0) is 21.1. The summed E-state index contributed by atoms with van der Waals surface area (Å²) in [6.07, 6.45) is 0. The molecule has 0 saturated carbocycles. The van der Waals surface area contributed by atoms with E-state index >= 15 is 0 Å². The molecule has 1 N–H and O–H groups in total. The molecule has 9 heteroatoms. The molecule has 0 fully saturated rings. The Morgan fingerprint density at radius 1 is 1.17 bits per heavy atom. The van der Waals surface area contributed by atoms with Crippen molar-refractivity contribution >= 4 is 29.1 Å². The summed E-state index contributed by atoms with van der Waals surface area (Å²) >= 11 is 6.11. The maximum atomic E-state index is 12.7. The number of amides is 2. The minimum absolute atomic E-state index is 0.170. The van der Waals surface area contributed by atoms with Crippen LogP contribution in [0.1, 0.15) is 26.5 Å². The van der Waals surface area contributed by atoms with Crippen molar-refractivity contribution in [3.63, 3.8) is 0 Å². The third-order valence-corrected chi connectivity index (χ3v) is 4.60. The fraction of sp³-hybridized carbons (Fsp3) is 0.200. The highest BCUT2D eigenvalue weighted by molar-refractivity contribution is 6.34. The summed E-state index contributed by atoms with van der Waals surface area (Å²) in [5.41, 5.74) is 2.18. The van der Waals surface area contributed by atoms with Gasteiger partial charge in [0.2, 0.25) is 0 Å². The van der Waals surface area contributed by atoms with Crippen LogP contribution in [0.2, 0.25) is 5.02 Å². The maximum absolute atomic E-state index is 12.7. The topological polar surface area (TPSA) is 89.3 Å². The Labute approximate surface area is 173 Å². The molecule has 3 rings (SSSR count). The third kappa shape index (κ3) is 4.22. The van der Waals surface area contributed by atoms with Gasteiger partial charge in [0.1, 0.15) is 5.75 Å². The summed E-state index contributed by atoms with van der Waals surface area (Å²) in [6.45, 7) is 1.75. The van der Waals surface area contributed by atoms with Gasteiger partial charge in [-0.1, -0.05) is 22.9 Å². The molecule has 1 aromatic heterocycles. The van der Waals surface area contributed by atoms with Crippen molar-refractivity contribution in [3.8, 4) is 11.4 Å². The van der Waals surface area contributed by atoms with Crippen LogP contribution in [0.4, 0.5) is 5.69 Å². The van der Waals surface area contributed by atoms with Gasteiger partial charge in [0.05, 0.1) is 29.1 Å². The Hall–Kier alpha value is -3.39. The van der Waals surface area contributed by atoms with Crippen LogP contribution in [-0.2, 0) is 0 Å². The number of nitrogens with one attached hydrogen (secondary N) is 1. The molecule has 0 aliphatic rings. The molecule has 8 nitrogen and oxygen atoms in total. The number of carbonyl (C=O) groups excluding carboxylic acids is 2. The predicted molar refractivity (Wildman–Crippen MR) is 110 cm³/mol. The maximum Gasteiger partial charge on any atom is 0.278 e. The van der Waals surface area contributed by atoms with Gasteiger partial charge < -0.3 is 15.0 Å². The van der Waals surface area contributed by atoms with E-state index in [4.69, 9.17) is 16.3 Å². The number of carbonyl (C=O) groups is 2. The van der Waals surface area contributed by atoms with Crippen LogP contribution in [-0.4, -0.2) is 52.9 Å². The van der Waals surface area contributed by atoms with Crippen molar-refractivity contribution in [2.75, 3.05) is 26.5 Å². The Morgan fingerprint density at radius 2 is 1.93 bits per heavy atom. The molecule has 0 spiro atoms. The van der Waals surface area contributed by atoms with Crippen LogP contribution in [0.15, 0.2) is 42.5 Å². The molecule has 0 radical (unpaired) electrons. The molecule has 2 amide bonds. The van der Waals surface area contributed by atoms with Crippen molar-refractivity contribution < 1.29 is 14.3 Å². The summed E-state index contributed by atoms with van der Waals surface area (Å²) in [4.78, 5) is 26.4. The van der Waals surface area contributed by atoms with Crippen molar-refractivity contribution in [1.82, 2.24) is 19.9 Å². The molecule has 0 atom stereocenters. The smallest absolute Gasteiger partial charge is 0.278 e. The van der Waals surface area contributed by atoms with E-state index in [1.54, 1.807) is 51.0 Å². The molecule has 0 aliphatic heterocycles. The Morgan fingerprint density at radius 3 is 2.62 bits per heavy atom. The molecule has 29 heavy (non-hydrogen) atoms. The predicted octanol–water partition coefficient (Wildman–Crippen LogP) is 3.19. The quantitative estimate of drug-likeness (QED) is 0.693. The largest absolute Gasteiger partial charge is 0.497 e. The van der Waals surface area contributed by atoms with Crippen LogP contribution in [0, 0.1) is 6.92 Å². The average molecular weight is 414 g/mol. The summed E-state index contributed by atoms with van der Waals surface area (Å²) in [7, 11) is 4.84. The van der Waals surface area contributed by atoms with Crippen LogP contribution in [0.25, 0.3) is 5.69 Å². The Balaban J connectivity index is 1.86. The SMILES string of the molecule is COc1cccc(-n2nnc(C(=O)Nc3ccc(Cl)c(C(=O)N(C)C)c3)c2C)c1. The lowest BCUT2D eigenvalue weighted by molar-refractivity contribution is 0.0827. The second-order valence-electron chi connectivity index (χ2n) is 6.49. The third-order valence-electron chi connectivity index (χ3n) is 4.27. The molecule has 150 valence electrons. The molecule has 0 bridgehead atoms. The first-order chi connectivity index (χ1) is 13.8. The molecule has 1 heterocycles. The highest BCUT2D eigenvalue weighted by Crippen LogP contribution is 2.23. The van der Waals surface area contributed by atoms with Crippen LogP contribution in [0.5, 0.6) is 5.75 Å². The van der Waals surface area contributed by atoms with Gasteiger partial charge in [-0.05, 0) is 37.3 Å². The number of halogens is 1. The van der Waals surface area contributed by atoms with E-state index in [0.717, 1.165) is 5.69 Å². The Bertz CT molecular complexity index is 1080. The van der Waals surface area contributed by atoms with Gasteiger partial charge in [-0.25, -0.2) is 4.68 Å². The zero-order valence-electron chi connectivity index (χ0n) is 16.4. The summed E-state index contributed by atoms with van der Waals surface area (Å²) in [5.74, 6) is -0.0314. The van der Waals surface area contributed by atoms with Crippen LogP contribution < -0.4 is 10.1 Å². The van der Waals surface area contributed by atoms with E-state index in [2.05, 4.69) is 15.6 Å². The number of hydrogen-bond donors (Lipinski definition) is 1. The number of rotatable bonds is 5. The zero-order valence-corrected chi connectivity index (χ0v) is 17.2. The van der Waals surface area contributed by atoms with Crippen molar-refractivity contribution in [2.45, 2.75) is 6.92 Å². The number of anilines is 1. The Kier molecular flexibility index (Phi) is 5.84. The number of methoxy groups -OCH3 is 1. The monoisotopic (exact) mass is 413 g/mol. The van der Waals surface area contributed by atoms with Gasteiger partial charge in [0.15, 0.2) is 5.69 Å². The van der Waals surface area contributed by atoms with Crippen molar-refractivity contribution in [1.29, 1.82) is 0 Å². The van der Waals surface area contributed by atoms with E-state index in [0.29, 0.717) is 27.7 Å². The van der Waals surface area contributed by atoms with E-state index in [-0.39, 0.29) is 11.6 Å². The minimum atomic E-state index is -0.442. The lowest BCUT2D eigenvalue weighted by atomic mass is 10.1. The first kappa shape index (κ1) is 20.3. The first-order valence-corrected chi connectivity index (χ1v) is 9.09. The van der Waals surface area contributed by atoms with E-state index in [1.165, 1.54) is 11.0 Å². The number of aromatic nitrogens is 3. The van der Waals surface area contributed by atoms with Gasteiger partial charge in [-0.2, -0.15) is 0 Å². The fourth-order valence-corrected chi connectivity index (χ4v) is 2.92. The molecule has 0 unspecified atom stereocenters. The minimum Gasteiger partial charge on any atom is -0.497 e. The van der Waals surface area contributed by atoms with Gasteiger partial charge in [-0.15, -0.1) is 5.10 Å². The fourth-order valence-electron chi connectivity index (χ4n) is 2.72. The molecule has 2 aromatic carbocycles. The lowest BCUT2D eigenvalue weighted by Crippen LogP contribution is -2.22. The number of nitrogens with zero attached hydrogens (tertiary/aromatic N) is 4. The number of ether oxygens (including phenoxy) is 1. The van der Waals surface area contributed by atoms with Gasteiger partial charge in [0.25, 0.3) is 11.8 Å². The number of benzene rings is 2. The molecule has 0 saturated heterocycles. The summed E-state index contributed by atoms with van der Waals surface area (Å²) in [6, 6.07) is 12.0. The highest BCUT2D eigenvalue weighted by Gasteiger charge is 2.19. The number of hydrogen-bond acceptors (Lipinski definition) is 5. The first-order valence-electron chi connectivity index (χ1n) is 8.71. The average Bonchev–Trinajstić information content (AvgIpc) is 3.10. The summed E-state index contributed by atoms with van der Waals surface area (Å²) < 4.78 is 6.78. The van der Waals surface area contributed by atoms with Crippen molar-refractivity contribution in [2.24, 2.45) is 0 Å².